The molecule has 0 unspecified atom stereocenters. The van der Waals surface area contributed by atoms with Crippen LogP contribution in [-0.2, 0) is 11.2 Å². The standard InChI is InChI=1S/C29H23NO/c31-18-25-24(20-9-2-1-3-10-20)17-27-29(23-14-6-7-16-26(23)30-27)28(25)22-15-8-12-19-11-4-5-13-21(19)22/h1-16,18,24-25,28,30H,17H2/t24-,25-,28-/m1/s1. The lowest BCUT2D eigenvalue weighted by molar-refractivity contribution is -0.112. The number of para-hydroxylation sites is 1. The Labute approximate surface area is 181 Å². The number of fused-ring (bicyclic) bond motifs is 4. The van der Waals surface area contributed by atoms with E-state index in [4.69, 9.17) is 0 Å². The van der Waals surface area contributed by atoms with E-state index in [1.807, 2.05) is 6.07 Å². The first-order chi connectivity index (χ1) is 15.3. The minimum absolute atomic E-state index is 0.00806. The van der Waals surface area contributed by atoms with Crippen molar-refractivity contribution in [3.8, 4) is 0 Å². The number of carbonyl (C=O) groups excluding carboxylic acids is 1. The Morgan fingerprint density at radius 1 is 0.742 bits per heavy atom. The van der Waals surface area contributed by atoms with E-state index in [0.717, 1.165) is 11.9 Å². The SMILES string of the molecule is O=C[C@H]1[C@@H](c2cccc3ccccc23)c2c([nH]c3ccccc23)C[C@@H]1c1ccccc1. The quantitative estimate of drug-likeness (QED) is 0.339. The van der Waals surface area contributed by atoms with Gasteiger partial charge in [0.15, 0.2) is 0 Å². The van der Waals surface area contributed by atoms with Crippen LogP contribution in [0, 0.1) is 5.92 Å². The van der Waals surface area contributed by atoms with Crippen molar-refractivity contribution in [3.63, 3.8) is 0 Å². The number of aromatic amines is 1. The van der Waals surface area contributed by atoms with Crippen molar-refractivity contribution >= 4 is 28.0 Å². The molecule has 1 aromatic heterocycles. The van der Waals surface area contributed by atoms with Crippen molar-refractivity contribution in [2.24, 2.45) is 5.92 Å². The van der Waals surface area contributed by atoms with Crippen molar-refractivity contribution in [2.45, 2.75) is 18.3 Å². The maximum Gasteiger partial charge on any atom is 0.124 e. The smallest absolute Gasteiger partial charge is 0.124 e. The average molecular weight is 402 g/mol. The summed E-state index contributed by atoms with van der Waals surface area (Å²) < 4.78 is 0. The van der Waals surface area contributed by atoms with Gasteiger partial charge in [0, 0.05) is 28.4 Å². The van der Waals surface area contributed by atoms with Crippen molar-refractivity contribution in [3.05, 3.63) is 119 Å². The van der Waals surface area contributed by atoms with E-state index in [0.29, 0.717) is 0 Å². The highest BCUT2D eigenvalue weighted by Crippen LogP contribution is 2.50. The van der Waals surface area contributed by atoms with Gasteiger partial charge in [-0.15, -0.1) is 0 Å². The van der Waals surface area contributed by atoms with Gasteiger partial charge in [-0.2, -0.15) is 0 Å². The first-order valence-corrected chi connectivity index (χ1v) is 10.9. The summed E-state index contributed by atoms with van der Waals surface area (Å²) in [6, 6.07) is 34.0. The van der Waals surface area contributed by atoms with Crippen LogP contribution in [0.1, 0.15) is 34.2 Å². The molecule has 1 N–H and O–H groups in total. The first-order valence-electron chi connectivity index (χ1n) is 10.9. The molecular weight excluding hydrogens is 378 g/mol. The second-order valence-electron chi connectivity index (χ2n) is 8.54. The van der Waals surface area contributed by atoms with E-state index in [-0.39, 0.29) is 17.8 Å². The van der Waals surface area contributed by atoms with Crippen LogP contribution in [0.4, 0.5) is 0 Å². The molecule has 3 atom stereocenters. The Morgan fingerprint density at radius 2 is 1.45 bits per heavy atom. The maximum atomic E-state index is 12.7. The van der Waals surface area contributed by atoms with Gasteiger partial charge >= 0.3 is 0 Å². The lowest BCUT2D eigenvalue weighted by Crippen LogP contribution is -2.30. The van der Waals surface area contributed by atoms with Crippen LogP contribution in [-0.4, -0.2) is 11.3 Å². The molecule has 0 saturated carbocycles. The fourth-order valence-corrected chi connectivity index (χ4v) is 5.61. The summed E-state index contributed by atoms with van der Waals surface area (Å²) >= 11 is 0. The zero-order valence-electron chi connectivity index (χ0n) is 17.2. The molecule has 2 nitrogen and oxygen atoms in total. The molecule has 4 aromatic carbocycles. The zero-order valence-corrected chi connectivity index (χ0v) is 17.2. The van der Waals surface area contributed by atoms with Gasteiger partial charge in [0.25, 0.3) is 0 Å². The van der Waals surface area contributed by atoms with Crippen LogP contribution < -0.4 is 0 Å². The lowest BCUT2D eigenvalue weighted by Gasteiger charge is -2.36. The highest BCUT2D eigenvalue weighted by molar-refractivity contribution is 5.91. The van der Waals surface area contributed by atoms with Gasteiger partial charge in [-0.25, -0.2) is 0 Å². The summed E-state index contributed by atoms with van der Waals surface area (Å²) in [5.74, 6) is 0.0249. The molecule has 1 aliphatic rings. The second-order valence-corrected chi connectivity index (χ2v) is 8.54. The van der Waals surface area contributed by atoms with Gasteiger partial charge in [-0.05, 0) is 45.9 Å². The van der Waals surface area contributed by atoms with Gasteiger partial charge in [-0.3, -0.25) is 0 Å². The number of nitrogens with one attached hydrogen (secondary N) is 1. The highest BCUT2D eigenvalue weighted by Gasteiger charge is 2.40. The zero-order chi connectivity index (χ0) is 20.8. The third-order valence-corrected chi connectivity index (χ3v) is 6.96. The van der Waals surface area contributed by atoms with E-state index in [1.165, 1.54) is 44.8 Å². The molecule has 0 spiro atoms. The summed E-state index contributed by atoms with van der Waals surface area (Å²) in [7, 11) is 0. The van der Waals surface area contributed by atoms with Crippen LogP contribution in [0.5, 0.6) is 0 Å². The van der Waals surface area contributed by atoms with E-state index in [9.17, 15) is 4.79 Å². The van der Waals surface area contributed by atoms with E-state index < -0.39 is 0 Å². The van der Waals surface area contributed by atoms with E-state index in [2.05, 4.69) is 96.0 Å². The van der Waals surface area contributed by atoms with Crippen molar-refractivity contribution in [1.29, 1.82) is 0 Å². The van der Waals surface area contributed by atoms with Crippen molar-refractivity contribution in [1.82, 2.24) is 4.98 Å². The van der Waals surface area contributed by atoms with Crippen molar-refractivity contribution < 1.29 is 4.79 Å². The Kier molecular flexibility index (Phi) is 4.24. The largest absolute Gasteiger partial charge is 0.358 e. The van der Waals surface area contributed by atoms with Crippen LogP contribution in [0.15, 0.2) is 97.1 Å². The van der Waals surface area contributed by atoms with Crippen LogP contribution in [0.2, 0.25) is 0 Å². The number of hydrogen-bond acceptors (Lipinski definition) is 1. The Morgan fingerprint density at radius 3 is 2.29 bits per heavy atom. The van der Waals surface area contributed by atoms with Crippen LogP contribution in [0.3, 0.4) is 0 Å². The highest BCUT2D eigenvalue weighted by atomic mass is 16.1. The van der Waals surface area contributed by atoms with Crippen LogP contribution >= 0.6 is 0 Å². The molecule has 31 heavy (non-hydrogen) atoms. The summed E-state index contributed by atoms with van der Waals surface area (Å²) in [6.07, 6.45) is 2.05. The summed E-state index contributed by atoms with van der Waals surface area (Å²) in [6.45, 7) is 0. The number of carbonyl (C=O) groups is 1. The number of benzene rings is 4. The molecule has 2 heteroatoms. The van der Waals surface area contributed by atoms with Gasteiger partial charge in [0.1, 0.15) is 6.29 Å². The van der Waals surface area contributed by atoms with E-state index >= 15 is 0 Å². The van der Waals surface area contributed by atoms with Crippen LogP contribution in [0.25, 0.3) is 21.7 Å². The van der Waals surface area contributed by atoms with Crippen molar-refractivity contribution in [2.75, 3.05) is 0 Å². The number of rotatable bonds is 3. The first kappa shape index (κ1) is 18.1. The number of H-pyrrole nitrogens is 1. The lowest BCUT2D eigenvalue weighted by atomic mass is 9.66. The molecule has 0 amide bonds. The molecule has 0 saturated heterocycles. The normalized spacial score (nSPS) is 20.6. The third-order valence-electron chi connectivity index (χ3n) is 6.96. The molecule has 150 valence electrons. The second kappa shape index (κ2) is 7.24. The van der Waals surface area contributed by atoms with E-state index in [1.54, 1.807) is 0 Å². The third kappa shape index (κ3) is 2.83. The van der Waals surface area contributed by atoms with Gasteiger partial charge in [0.05, 0.1) is 0 Å². The number of aromatic nitrogens is 1. The monoisotopic (exact) mass is 401 g/mol. The molecule has 0 aliphatic heterocycles. The minimum Gasteiger partial charge on any atom is -0.358 e. The molecule has 0 radical (unpaired) electrons. The predicted octanol–water partition coefficient (Wildman–Crippen LogP) is 6.61. The summed E-state index contributed by atoms with van der Waals surface area (Å²) in [5, 5.41) is 3.67. The topological polar surface area (TPSA) is 32.9 Å². The fourth-order valence-electron chi connectivity index (χ4n) is 5.61. The Hall–Kier alpha value is -3.65. The fraction of sp³-hybridized carbons (Fsp3) is 0.138. The maximum absolute atomic E-state index is 12.7. The number of aldehydes is 1. The molecular formula is C29H23NO. The summed E-state index contributed by atoms with van der Waals surface area (Å²) in [5.41, 5.74) is 6.16. The molecule has 5 aromatic rings. The molecule has 0 fully saturated rings. The van der Waals surface area contributed by atoms with Gasteiger partial charge in [0.2, 0.25) is 0 Å². The van der Waals surface area contributed by atoms with Gasteiger partial charge < -0.3 is 9.78 Å². The predicted molar refractivity (Wildman–Crippen MR) is 127 cm³/mol. The molecule has 1 aliphatic carbocycles. The number of hydrogen-bond donors (Lipinski definition) is 1. The summed E-state index contributed by atoms with van der Waals surface area (Å²) in [4.78, 5) is 16.4. The van der Waals surface area contributed by atoms with Gasteiger partial charge in [-0.1, -0.05) is 91.0 Å². The Balaban J connectivity index is 1.66. The molecule has 1 heterocycles. The minimum atomic E-state index is -0.125. The molecule has 6 rings (SSSR count). The molecule has 0 bridgehead atoms. The average Bonchev–Trinajstić information content (AvgIpc) is 3.21. The Bertz CT molecular complexity index is 1390.